The van der Waals surface area contributed by atoms with Crippen LogP contribution >= 0.6 is 0 Å². The fourth-order valence-corrected chi connectivity index (χ4v) is 10.4. The van der Waals surface area contributed by atoms with Crippen molar-refractivity contribution < 1.29 is 4.42 Å². The molecule has 0 radical (unpaired) electrons. The Morgan fingerprint density at radius 3 is 2.40 bits per heavy atom. The Balaban J connectivity index is 1.11. The van der Waals surface area contributed by atoms with Crippen molar-refractivity contribution in [2.45, 2.75) is 77.2 Å². The van der Waals surface area contributed by atoms with Crippen molar-refractivity contribution in [2.24, 2.45) is 5.92 Å². The normalized spacial score (nSPS) is 21.0. The Bertz CT molecular complexity index is 2780. The highest BCUT2D eigenvalue weighted by Crippen LogP contribution is 2.58. The quantitative estimate of drug-likeness (QED) is 0.183. The molecule has 5 aliphatic rings. The van der Waals surface area contributed by atoms with E-state index in [1.165, 1.54) is 61.2 Å². The van der Waals surface area contributed by atoms with E-state index in [0.717, 1.165) is 65.1 Å². The van der Waals surface area contributed by atoms with Crippen LogP contribution in [0.1, 0.15) is 81.9 Å². The maximum Gasteiger partial charge on any atom is 0.231 e. The molecule has 0 fully saturated rings. The van der Waals surface area contributed by atoms with E-state index in [2.05, 4.69) is 161 Å². The summed E-state index contributed by atoms with van der Waals surface area (Å²) >= 11 is 0. The number of hydrogen-bond donors (Lipinski definition) is 0. The molecule has 0 bridgehead atoms. The summed E-state index contributed by atoms with van der Waals surface area (Å²) in [5.74, 6) is 2.02. The van der Waals surface area contributed by atoms with Crippen molar-refractivity contribution in [3.8, 4) is 11.3 Å². The summed E-state index contributed by atoms with van der Waals surface area (Å²) in [6.45, 7) is 11.6. The second-order valence-electron chi connectivity index (χ2n) is 17.5. The van der Waals surface area contributed by atoms with Gasteiger partial charge >= 0.3 is 0 Å². The summed E-state index contributed by atoms with van der Waals surface area (Å²) in [5.41, 5.74) is 17.6. The van der Waals surface area contributed by atoms with E-state index < -0.39 is 0 Å². The first-order valence-corrected chi connectivity index (χ1v) is 20.0. The molecule has 2 unspecified atom stereocenters. The Morgan fingerprint density at radius 2 is 1.56 bits per heavy atom. The van der Waals surface area contributed by atoms with Gasteiger partial charge in [0.2, 0.25) is 5.95 Å². The fraction of sp³-hybridized carbons (Fsp3) is 0.255. The molecule has 4 heteroatoms. The number of para-hydroxylation sites is 2. The van der Waals surface area contributed by atoms with Gasteiger partial charge in [-0.15, -0.1) is 0 Å². The van der Waals surface area contributed by atoms with Crippen LogP contribution in [0.25, 0.3) is 44.3 Å². The highest BCUT2D eigenvalue weighted by Gasteiger charge is 2.52. The molecular weight excluding hydrogens is 671 g/mol. The summed E-state index contributed by atoms with van der Waals surface area (Å²) in [5, 5.41) is 2.33. The van der Waals surface area contributed by atoms with Crippen molar-refractivity contribution in [3.63, 3.8) is 0 Å². The van der Waals surface area contributed by atoms with Crippen LogP contribution in [0.3, 0.4) is 0 Å². The maximum atomic E-state index is 6.63. The molecule has 4 aromatic carbocycles. The predicted molar refractivity (Wildman–Crippen MR) is 226 cm³/mol. The molecule has 270 valence electrons. The topological polar surface area (TPSA) is 42.2 Å². The van der Waals surface area contributed by atoms with Gasteiger partial charge in [0.1, 0.15) is 11.3 Å². The molecule has 2 atom stereocenters. The van der Waals surface area contributed by atoms with Crippen LogP contribution in [0.15, 0.2) is 148 Å². The molecule has 0 saturated heterocycles. The first-order chi connectivity index (χ1) is 26.7. The molecule has 6 aromatic rings. The first kappa shape index (κ1) is 32.7. The summed E-state index contributed by atoms with van der Waals surface area (Å²) in [4.78, 5) is 13.6. The lowest BCUT2D eigenvalue weighted by Crippen LogP contribution is -2.42. The number of hydrogen-bond acceptors (Lipinski definition) is 4. The van der Waals surface area contributed by atoms with E-state index in [4.69, 9.17) is 14.4 Å². The first-order valence-electron chi connectivity index (χ1n) is 20.0. The van der Waals surface area contributed by atoms with E-state index in [9.17, 15) is 0 Å². The third kappa shape index (κ3) is 4.76. The lowest BCUT2D eigenvalue weighted by atomic mass is 9.72. The number of anilines is 1. The van der Waals surface area contributed by atoms with E-state index in [1.807, 2.05) is 0 Å². The van der Waals surface area contributed by atoms with Gasteiger partial charge in [-0.2, -0.15) is 0 Å². The number of fused-ring (bicyclic) bond motifs is 9. The van der Waals surface area contributed by atoms with Gasteiger partial charge in [0.25, 0.3) is 0 Å². The zero-order chi connectivity index (χ0) is 37.2. The molecular formula is C51H45N3O. The highest BCUT2D eigenvalue weighted by molar-refractivity contribution is 5.95. The van der Waals surface area contributed by atoms with Gasteiger partial charge in [-0.3, -0.25) is 0 Å². The van der Waals surface area contributed by atoms with Crippen molar-refractivity contribution in [1.29, 1.82) is 0 Å². The van der Waals surface area contributed by atoms with Crippen molar-refractivity contribution in [2.75, 3.05) is 4.90 Å². The number of aromatic nitrogens is 2. The average Bonchev–Trinajstić information content (AvgIpc) is 3.82. The highest BCUT2D eigenvalue weighted by atomic mass is 16.3. The Kier molecular flexibility index (Phi) is 6.91. The van der Waals surface area contributed by atoms with Crippen LogP contribution in [0.2, 0.25) is 0 Å². The van der Waals surface area contributed by atoms with Crippen LogP contribution in [-0.2, 0) is 17.3 Å². The lowest BCUT2D eigenvalue weighted by molar-refractivity contribution is 0.527. The minimum Gasteiger partial charge on any atom is -0.456 e. The zero-order valence-electron chi connectivity index (χ0n) is 32.3. The minimum atomic E-state index is -0.156. The minimum absolute atomic E-state index is 0.0578. The molecule has 0 N–H and O–H groups in total. The summed E-state index contributed by atoms with van der Waals surface area (Å²) in [6, 6.07) is 35.1. The van der Waals surface area contributed by atoms with Gasteiger partial charge in [-0.25, -0.2) is 9.97 Å². The second kappa shape index (κ2) is 11.6. The monoisotopic (exact) mass is 715 g/mol. The van der Waals surface area contributed by atoms with E-state index in [-0.39, 0.29) is 22.8 Å². The zero-order valence-corrected chi connectivity index (χ0v) is 32.3. The Labute approximate surface area is 323 Å². The SMILES string of the molecule is CC(C)(C)c1ccc(-c2nc(N3C4=C(C=C(C5=CCCc6c5oc5ccccc65)CC4)C4C=CC5=C(C43)C(C)(C)c3ccccc35)nc3ccccc23)cc1. The number of benzene rings is 4. The van der Waals surface area contributed by atoms with E-state index in [0.29, 0.717) is 0 Å². The van der Waals surface area contributed by atoms with Crippen molar-refractivity contribution >= 4 is 39.0 Å². The molecule has 0 spiro atoms. The third-order valence-electron chi connectivity index (χ3n) is 13.0. The van der Waals surface area contributed by atoms with Crippen LogP contribution in [-0.4, -0.2) is 16.0 Å². The number of furan rings is 1. The van der Waals surface area contributed by atoms with Crippen LogP contribution in [0.5, 0.6) is 0 Å². The van der Waals surface area contributed by atoms with Gasteiger partial charge in [0, 0.05) is 44.5 Å². The molecule has 2 aromatic heterocycles. The van der Waals surface area contributed by atoms with Gasteiger partial charge < -0.3 is 9.32 Å². The third-order valence-corrected chi connectivity index (χ3v) is 13.0. The standard InChI is InChI=1S/C51H45N3O/c1-50(2,3)32-24-21-30(22-25-32)46-39-15-7-10-19-42(39)52-49(53-46)54-43-28-23-31(33-16-12-17-38-35-14-8-11-20-44(35)55-48(33)38)29-40(43)37-27-26-36-34-13-6-9-18-41(34)51(4,5)45(36)47(37)54/h6-11,13-16,18-22,24-27,29,37,47H,12,17,23,28H2,1-5H3. The number of rotatable bonds is 3. The van der Waals surface area contributed by atoms with Gasteiger partial charge in [-0.05, 0) is 82.2 Å². The number of allylic oxidation sites excluding steroid dienone is 7. The maximum absolute atomic E-state index is 6.63. The summed E-state index contributed by atoms with van der Waals surface area (Å²) in [7, 11) is 0. The molecule has 55 heavy (non-hydrogen) atoms. The van der Waals surface area contributed by atoms with Gasteiger partial charge in [0.15, 0.2) is 0 Å². The molecule has 1 aliphatic heterocycles. The Hall–Kier alpha value is -5.74. The van der Waals surface area contributed by atoms with Gasteiger partial charge in [-0.1, -0.05) is 144 Å². The number of aryl methyl sites for hydroxylation is 1. The molecule has 0 amide bonds. The molecule has 3 heterocycles. The van der Waals surface area contributed by atoms with E-state index >= 15 is 0 Å². The largest absolute Gasteiger partial charge is 0.456 e. The number of nitrogens with zero attached hydrogens (tertiary/aromatic N) is 3. The second-order valence-corrected chi connectivity index (χ2v) is 17.5. The van der Waals surface area contributed by atoms with Crippen molar-refractivity contribution in [3.05, 3.63) is 172 Å². The lowest BCUT2D eigenvalue weighted by Gasteiger charge is -2.39. The molecule has 4 aliphatic carbocycles. The predicted octanol–water partition coefficient (Wildman–Crippen LogP) is 12.5. The van der Waals surface area contributed by atoms with Crippen LogP contribution in [0, 0.1) is 5.92 Å². The average molecular weight is 716 g/mol. The van der Waals surface area contributed by atoms with Gasteiger partial charge in [0.05, 0.1) is 17.3 Å². The van der Waals surface area contributed by atoms with Crippen LogP contribution in [0.4, 0.5) is 5.95 Å². The molecule has 11 rings (SSSR count). The summed E-state index contributed by atoms with van der Waals surface area (Å²) < 4.78 is 6.63. The molecule has 0 saturated carbocycles. The van der Waals surface area contributed by atoms with E-state index in [1.54, 1.807) is 0 Å². The smallest absolute Gasteiger partial charge is 0.231 e. The van der Waals surface area contributed by atoms with Crippen molar-refractivity contribution in [1.82, 2.24) is 9.97 Å². The van der Waals surface area contributed by atoms with Crippen LogP contribution < -0.4 is 4.90 Å². The Morgan fingerprint density at radius 1 is 0.800 bits per heavy atom. The fourth-order valence-electron chi connectivity index (χ4n) is 10.4. The molecule has 4 nitrogen and oxygen atoms in total. The summed E-state index contributed by atoms with van der Waals surface area (Å²) in [6.07, 6.45) is 13.7.